The molecular formula is C51H34N4O2. The van der Waals surface area contributed by atoms with Gasteiger partial charge in [-0.15, -0.1) is 0 Å². The Bertz CT molecular complexity index is 3320. The van der Waals surface area contributed by atoms with Crippen LogP contribution in [0.15, 0.2) is 196 Å². The number of benzene rings is 8. The first-order valence-electron chi connectivity index (χ1n) is 19.3. The predicted octanol–water partition coefficient (Wildman–Crippen LogP) is 12.6. The minimum atomic E-state index is -0.221. The van der Waals surface area contributed by atoms with Crippen molar-refractivity contribution in [2.75, 3.05) is 0 Å². The number of para-hydroxylation sites is 2. The second-order valence-electron chi connectivity index (χ2n) is 14.8. The Balaban J connectivity index is 0.918. The number of amidine groups is 1. The topological polar surface area (TPSA) is 67.6 Å². The lowest BCUT2D eigenvalue weighted by Gasteiger charge is -2.32. The number of aliphatic imine (C=N–C) groups is 1. The molecule has 6 heteroatoms. The fraction of sp³-hybridized carbons (Fsp3) is 0.0392. The summed E-state index contributed by atoms with van der Waals surface area (Å²) in [5, 5.41) is 14.3. The van der Waals surface area contributed by atoms with Crippen molar-refractivity contribution in [2.45, 2.75) is 12.3 Å². The molecule has 270 valence electrons. The number of fused-ring (bicyclic) bond motifs is 9. The van der Waals surface area contributed by atoms with Crippen molar-refractivity contribution >= 4 is 71.5 Å². The summed E-state index contributed by atoms with van der Waals surface area (Å²) in [6.45, 7) is 0. The standard InChI is InChI=1S/C51H34N4O2/c1-3-12-31(13-4-1)49-52-50(32-14-5-2-6-15-32)54-51(53-49)41-18-11-21-44-48(41)40-26-23-34(29-46(40)56-44)33-22-25-38-39-27-24-35(30-47(39)57-45(38)28-33)55-42-19-9-7-16-36(42)37-17-8-10-20-43(37)55/h1-30,49,51,53H,(H,52,54). The van der Waals surface area contributed by atoms with Crippen LogP contribution in [0.25, 0.3) is 82.5 Å². The molecule has 0 fully saturated rings. The minimum absolute atomic E-state index is 0.210. The molecule has 57 heavy (non-hydrogen) atoms. The highest BCUT2D eigenvalue weighted by atomic mass is 16.3. The van der Waals surface area contributed by atoms with Crippen LogP contribution in [-0.2, 0) is 0 Å². The lowest BCUT2D eigenvalue weighted by Crippen LogP contribution is -2.45. The second kappa shape index (κ2) is 12.6. The summed E-state index contributed by atoms with van der Waals surface area (Å²) >= 11 is 0. The van der Waals surface area contributed by atoms with Crippen molar-refractivity contribution in [3.63, 3.8) is 0 Å². The van der Waals surface area contributed by atoms with Crippen molar-refractivity contribution in [2.24, 2.45) is 4.99 Å². The SMILES string of the molecule is c1ccc(C2=NC(c3ccccc3)NC(c3cccc4oc5cc(-c6ccc7c(c6)oc6cc(-n8c9ccccc9c9ccccc98)ccc67)ccc5c34)N2)cc1. The van der Waals surface area contributed by atoms with Crippen LogP contribution in [0.4, 0.5) is 0 Å². The van der Waals surface area contributed by atoms with E-state index in [1.165, 1.54) is 21.8 Å². The Morgan fingerprint density at radius 2 is 1.05 bits per heavy atom. The van der Waals surface area contributed by atoms with Gasteiger partial charge in [-0.3, -0.25) is 5.32 Å². The van der Waals surface area contributed by atoms with Crippen LogP contribution in [0.1, 0.15) is 29.0 Å². The fourth-order valence-corrected chi connectivity index (χ4v) is 8.83. The van der Waals surface area contributed by atoms with Crippen LogP contribution in [0.2, 0.25) is 0 Å². The molecule has 0 aliphatic carbocycles. The van der Waals surface area contributed by atoms with Gasteiger partial charge in [-0.1, -0.05) is 121 Å². The molecule has 1 aliphatic heterocycles. The average Bonchev–Trinajstić information content (AvgIpc) is 3.95. The summed E-state index contributed by atoms with van der Waals surface area (Å²) in [4.78, 5) is 5.11. The number of nitrogens with zero attached hydrogens (tertiary/aromatic N) is 2. The molecule has 8 aromatic carbocycles. The summed E-state index contributed by atoms with van der Waals surface area (Å²) in [6.07, 6.45) is -0.431. The van der Waals surface area contributed by atoms with Crippen LogP contribution in [0.5, 0.6) is 0 Å². The molecule has 0 saturated carbocycles. The molecule has 0 amide bonds. The number of furan rings is 2. The zero-order valence-corrected chi connectivity index (χ0v) is 30.7. The van der Waals surface area contributed by atoms with Crippen LogP contribution >= 0.6 is 0 Å². The Morgan fingerprint density at radius 1 is 0.456 bits per heavy atom. The van der Waals surface area contributed by atoms with Gasteiger partial charge in [-0.25, -0.2) is 4.99 Å². The second-order valence-corrected chi connectivity index (χ2v) is 14.8. The molecule has 0 saturated heterocycles. The fourth-order valence-electron chi connectivity index (χ4n) is 8.83. The molecule has 2 unspecified atom stereocenters. The maximum atomic E-state index is 6.62. The Labute approximate surface area is 327 Å². The molecule has 0 radical (unpaired) electrons. The van der Waals surface area contributed by atoms with E-state index in [1.807, 2.05) is 24.3 Å². The molecule has 4 heterocycles. The van der Waals surface area contributed by atoms with Crippen LogP contribution in [0, 0.1) is 0 Å². The molecule has 6 nitrogen and oxygen atoms in total. The zero-order chi connectivity index (χ0) is 37.5. The van der Waals surface area contributed by atoms with Crippen molar-refractivity contribution < 1.29 is 8.83 Å². The lowest BCUT2D eigenvalue weighted by atomic mass is 9.99. The largest absolute Gasteiger partial charge is 0.456 e. The highest BCUT2D eigenvalue weighted by Gasteiger charge is 2.28. The highest BCUT2D eigenvalue weighted by Crippen LogP contribution is 2.40. The van der Waals surface area contributed by atoms with E-state index in [0.717, 1.165) is 83.2 Å². The van der Waals surface area contributed by atoms with Crippen molar-refractivity contribution in [3.05, 3.63) is 199 Å². The van der Waals surface area contributed by atoms with E-state index in [1.54, 1.807) is 0 Å². The van der Waals surface area contributed by atoms with Gasteiger partial charge in [0.1, 0.15) is 40.5 Å². The summed E-state index contributed by atoms with van der Waals surface area (Å²) in [5.41, 5.74) is 12.2. The zero-order valence-electron chi connectivity index (χ0n) is 30.7. The summed E-state index contributed by atoms with van der Waals surface area (Å²) < 4.78 is 15.5. The maximum Gasteiger partial charge on any atom is 0.137 e. The lowest BCUT2D eigenvalue weighted by molar-refractivity contribution is 0.411. The molecule has 3 aromatic heterocycles. The van der Waals surface area contributed by atoms with E-state index in [4.69, 9.17) is 13.8 Å². The van der Waals surface area contributed by atoms with E-state index in [-0.39, 0.29) is 12.3 Å². The first-order chi connectivity index (χ1) is 28.2. The van der Waals surface area contributed by atoms with Gasteiger partial charge in [-0.05, 0) is 71.3 Å². The summed E-state index contributed by atoms with van der Waals surface area (Å²) in [7, 11) is 0. The molecule has 11 aromatic rings. The third-order valence-electron chi connectivity index (χ3n) is 11.5. The third kappa shape index (κ3) is 5.12. The molecule has 0 spiro atoms. The normalized spacial score (nSPS) is 15.9. The summed E-state index contributed by atoms with van der Waals surface area (Å²) in [5.74, 6) is 0.851. The van der Waals surface area contributed by atoms with Crippen molar-refractivity contribution in [3.8, 4) is 16.8 Å². The van der Waals surface area contributed by atoms with Gasteiger partial charge in [0.05, 0.1) is 11.0 Å². The third-order valence-corrected chi connectivity index (χ3v) is 11.5. The number of rotatable bonds is 5. The molecule has 2 atom stereocenters. The van der Waals surface area contributed by atoms with Gasteiger partial charge in [-0.2, -0.15) is 0 Å². The predicted molar refractivity (Wildman–Crippen MR) is 232 cm³/mol. The van der Waals surface area contributed by atoms with E-state index in [9.17, 15) is 0 Å². The number of nitrogens with one attached hydrogen (secondary N) is 2. The molecule has 2 N–H and O–H groups in total. The Kier molecular flexibility index (Phi) is 7.03. The van der Waals surface area contributed by atoms with Crippen LogP contribution in [-0.4, -0.2) is 10.4 Å². The number of hydrogen-bond donors (Lipinski definition) is 2. The smallest absolute Gasteiger partial charge is 0.137 e. The van der Waals surface area contributed by atoms with E-state index in [2.05, 4.69) is 173 Å². The monoisotopic (exact) mass is 734 g/mol. The molecule has 0 bridgehead atoms. The van der Waals surface area contributed by atoms with Gasteiger partial charge in [0.25, 0.3) is 0 Å². The summed E-state index contributed by atoms with van der Waals surface area (Å²) in [6, 6.07) is 63.7. The Morgan fingerprint density at radius 3 is 1.79 bits per heavy atom. The van der Waals surface area contributed by atoms with Gasteiger partial charge >= 0.3 is 0 Å². The van der Waals surface area contributed by atoms with Crippen molar-refractivity contribution in [1.29, 1.82) is 0 Å². The molecule has 12 rings (SSSR count). The number of hydrogen-bond acceptors (Lipinski definition) is 5. The Hall–Kier alpha value is -7.41. The quantitative estimate of drug-likeness (QED) is 0.185. The highest BCUT2D eigenvalue weighted by molar-refractivity contribution is 6.11. The van der Waals surface area contributed by atoms with Gasteiger partial charge in [0.2, 0.25) is 0 Å². The molecular weight excluding hydrogens is 701 g/mol. The van der Waals surface area contributed by atoms with Crippen LogP contribution in [0.3, 0.4) is 0 Å². The number of aromatic nitrogens is 1. The maximum absolute atomic E-state index is 6.62. The average molecular weight is 735 g/mol. The van der Waals surface area contributed by atoms with Gasteiger partial charge < -0.3 is 18.7 Å². The van der Waals surface area contributed by atoms with Gasteiger partial charge in [0.15, 0.2) is 0 Å². The van der Waals surface area contributed by atoms with Gasteiger partial charge in [0, 0.05) is 55.2 Å². The van der Waals surface area contributed by atoms with Crippen molar-refractivity contribution in [1.82, 2.24) is 15.2 Å². The van der Waals surface area contributed by atoms with Crippen LogP contribution < -0.4 is 10.6 Å². The van der Waals surface area contributed by atoms with E-state index >= 15 is 0 Å². The van der Waals surface area contributed by atoms with E-state index < -0.39 is 0 Å². The van der Waals surface area contributed by atoms with E-state index in [0.29, 0.717) is 0 Å². The first-order valence-corrected chi connectivity index (χ1v) is 19.3. The molecule has 1 aliphatic rings. The first kappa shape index (κ1) is 31.9. The minimum Gasteiger partial charge on any atom is -0.456 e.